The summed E-state index contributed by atoms with van der Waals surface area (Å²) in [5.74, 6) is -0.0437. The molecule has 9 heteroatoms. The van der Waals surface area contributed by atoms with Crippen LogP contribution in [0.1, 0.15) is 52.6 Å². The molecule has 9 nitrogen and oxygen atoms in total. The number of carbonyl (C=O) groups excluding carboxylic acids is 2. The molecule has 0 saturated carbocycles. The standard InChI is InChI=1S/C34H38N6O3/c1-22-27(7-6-8-28(22)38-31(41)23-9-13-25(14-10-23)34(2,3)4)29-21-39(5)33(43)30(37-29)36-26-15-11-24(12-16-26)32(42)40-19-17-35-18-20-40/h6-16,21,35H,17-20H2,1-5H3,(H,36,37)(H,38,41). The molecule has 3 N–H and O–H groups in total. The molecule has 0 aliphatic carbocycles. The predicted molar refractivity (Wildman–Crippen MR) is 171 cm³/mol. The van der Waals surface area contributed by atoms with Gasteiger partial charge < -0.3 is 25.4 Å². The Hall–Kier alpha value is -4.76. The van der Waals surface area contributed by atoms with E-state index < -0.39 is 0 Å². The van der Waals surface area contributed by atoms with Crippen molar-refractivity contribution in [2.75, 3.05) is 36.8 Å². The average Bonchev–Trinajstić information content (AvgIpc) is 3.00. The average molecular weight is 579 g/mol. The lowest BCUT2D eigenvalue weighted by atomic mass is 9.86. The number of piperazine rings is 1. The molecule has 1 saturated heterocycles. The van der Waals surface area contributed by atoms with E-state index in [4.69, 9.17) is 0 Å². The first-order valence-electron chi connectivity index (χ1n) is 14.5. The highest BCUT2D eigenvalue weighted by Crippen LogP contribution is 2.29. The molecule has 0 radical (unpaired) electrons. The number of nitrogens with zero attached hydrogens (tertiary/aromatic N) is 3. The quantitative estimate of drug-likeness (QED) is 0.294. The van der Waals surface area contributed by atoms with Gasteiger partial charge in [0, 0.05) is 67.5 Å². The Balaban J connectivity index is 1.35. The van der Waals surface area contributed by atoms with Crippen LogP contribution in [0, 0.1) is 6.92 Å². The molecule has 2 amide bonds. The molecule has 0 unspecified atom stereocenters. The van der Waals surface area contributed by atoms with Gasteiger partial charge in [-0.1, -0.05) is 45.0 Å². The van der Waals surface area contributed by atoms with Gasteiger partial charge in [-0.2, -0.15) is 0 Å². The molecule has 1 fully saturated rings. The molecule has 1 aliphatic rings. The first kappa shape index (κ1) is 29.7. The monoisotopic (exact) mass is 578 g/mol. The van der Waals surface area contributed by atoms with Gasteiger partial charge in [0.25, 0.3) is 17.4 Å². The van der Waals surface area contributed by atoms with Crippen LogP contribution in [0.25, 0.3) is 11.3 Å². The van der Waals surface area contributed by atoms with Gasteiger partial charge in [-0.05, 0) is 65.9 Å². The van der Waals surface area contributed by atoms with E-state index in [1.807, 2.05) is 54.3 Å². The molecule has 1 aliphatic heterocycles. The summed E-state index contributed by atoms with van der Waals surface area (Å²) in [6.07, 6.45) is 1.68. The summed E-state index contributed by atoms with van der Waals surface area (Å²) >= 11 is 0. The van der Waals surface area contributed by atoms with Gasteiger partial charge in [0.1, 0.15) is 0 Å². The van der Waals surface area contributed by atoms with Crippen molar-refractivity contribution in [3.63, 3.8) is 0 Å². The van der Waals surface area contributed by atoms with E-state index in [-0.39, 0.29) is 28.6 Å². The first-order valence-corrected chi connectivity index (χ1v) is 14.5. The first-order chi connectivity index (χ1) is 20.5. The Morgan fingerprint density at radius 1 is 0.907 bits per heavy atom. The Morgan fingerprint density at radius 2 is 1.56 bits per heavy atom. The van der Waals surface area contributed by atoms with Crippen LogP contribution in [0.15, 0.2) is 77.7 Å². The van der Waals surface area contributed by atoms with E-state index in [2.05, 4.69) is 41.7 Å². The van der Waals surface area contributed by atoms with Gasteiger partial charge in [-0.3, -0.25) is 14.4 Å². The van der Waals surface area contributed by atoms with Crippen molar-refractivity contribution in [1.82, 2.24) is 19.8 Å². The van der Waals surface area contributed by atoms with Gasteiger partial charge in [0.2, 0.25) is 0 Å². The van der Waals surface area contributed by atoms with Crippen LogP contribution >= 0.6 is 0 Å². The molecule has 0 bridgehead atoms. The van der Waals surface area contributed by atoms with Crippen molar-refractivity contribution in [2.24, 2.45) is 7.05 Å². The fourth-order valence-electron chi connectivity index (χ4n) is 5.07. The molecule has 0 spiro atoms. The number of aryl methyl sites for hydroxylation is 1. The Morgan fingerprint density at radius 3 is 2.21 bits per heavy atom. The second-order valence-electron chi connectivity index (χ2n) is 11.9. The van der Waals surface area contributed by atoms with E-state index in [9.17, 15) is 14.4 Å². The zero-order chi connectivity index (χ0) is 30.7. The van der Waals surface area contributed by atoms with Crippen molar-refractivity contribution in [2.45, 2.75) is 33.1 Å². The molecular weight excluding hydrogens is 540 g/mol. The summed E-state index contributed by atoms with van der Waals surface area (Å²) < 4.78 is 1.48. The Bertz CT molecular complexity index is 1700. The smallest absolute Gasteiger partial charge is 0.293 e. The van der Waals surface area contributed by atoms with E-state index in [1.54, 1.807) is 37.5 Å². The minimum atomic E-state index is -0.287. The molecule has 222 valence electrons. The molecule has 2 heterocycles. The lowest BCUT2D eigenvalue weighted by Gasteiger charge is -2.27. The molecule has 1 aromatic heterocycles. The molecule has 3 aromatic carbocycles. The largest absolute Gasteiger partial charge is 0.336 e. The van der Waals surface area contributed by atoms with E-state index in [0.717, 1.165) is 29.8 Å². The van der Waals surface area contributed by atoms with Crippen molar-refractivity contribution in [1.29, 1.82) is 0 Å². The second-order valence-corrected chi connectivity index (χ2v) is 11.9. The summed E-state index contributed by atoms with van der Waals surface area (Å²) in [5.41, 5.74) is 5.56. The summed E-state index contributed by atoms with van der Waals surface area (Å²) in [6, 6.07) is 20.3. The van der Waals surface area contributed by atoms with Crippen LogP contribution in [0.3, 0.4) is 0 Å². The number of carbonyl (C=O) groups is 2. The zero-order valence-electron chi connectivity index (χ0n) is 25.3. The highest BCUT2D eigenvalue weighted by Gasteiger charge is 2.19. The van der Waals surface area contributed by atoms with Crippen molar-refractivity contribution in [3.8, 4) is 11.3 Å². The van der Waals surface area contributed by atoms with Gasteiger partial charge in [-0.25, -0.2) is 4.98 Å². The van der Waals surface area contributed by atoms with Gasteiger partial charge in [-0.15, -0.1) is 0 Å². The van der Waals surface area contributed by atoms with Crippen molar-refractivity contribution >= 4 is 29.0 Å². The Labute approximate surface area is 252 Å². The van der Waals surface area contributed by atoms with E-state index in [1.165, 1.54) is 4.57 Å². The summed E-state index contributed by atoms with van der Waals surface area (Å²) in [7, 11) is 1.68. The van der Waals surface area contributed by atoms with Gasteiger partial charge >= 0.3 is 0 Å². The highest BCUT2D eigenvalue weighted by atomic mass is 16.2. The Kier molecular flexibility index (Phi) is 8.45. The van der Waals surface area contributed by atoms with E-state index >= 15 is 0 Å². The second kappa shape index (κ2) is 12.2. The fourth-order valence-corrected chi connectivity index (χ4v) is 5.07. The normalized spacial score (nSPS) is 13.5. The minimum absolute atomic E-state index is 0.00383. The lowest BCUT2D eigenvalue weighted by molar-refractivity contribution is 0.0735. The number of aromatic nitrogens is 2. The number of rotatable bonds is 6. The third-order valence-corrected chi connectivity index (χ3v) is 7.74. The van der Waals surface area contributed by atoms with Crippen LogP contribution < -0.4 is 21.5 Å². The highest BCUT2D eigenvalue weighted by molar-refractivity contribution is 6.05. The molecule has 5 rings (SSSR count). The predicted octanol–water partition coefficient (Wildman–Crippen LogP) is 5.09. The van der Waals surface area contributed by atoms with Crippen molar-refractivity contribution in [3.05, 3.63) is 106 Å². The molecule has 4 aromatic rings. The zero-order valence-corrected chi connectivity index (χ0v) is 25.3. The summed E-state index contributed by atoms with van der Waals surface area (Å²) in [5, 5.41) is 9.40. The third-order valence-electron chi connectivity index (χ3n) is 7.74. The fraction of sp³-hybridized carbons (Fsp3) is 0.294. The van der Waals surface area contributed by atoms with Crippen molar-refractivity contribution < 1.29 is 9.59 Å². The van der Waals surface area contributed by atoms with Crippen LogP contribution in [0.2, 0.25) is 0 Å². The number of hydrogen-bond acceptors (Lipinski definition) is 6. The third kappa shape index (κ3) is 6.67. The maximum absolute atomic E-state index is 13.1. The lowest BCUT2D eigenvalue weighted by Crippen LogP contribution is -2.46. The van der Waals surface area contributed by atoms with E-state index in [0.29, 0.717) is 41.3 Å². The molecule has 43 heavy (non-hydrogen) atoms. The van der Waals surface area contributed by atoms with Crippen LogP contribution in [-0.4, -0.2) is 52.4 Å². The number of anilines is 3. The van der Waals surface area contributed by atoms with Gasteiger partial charge in [0.05, 0.1) is 5.69 Å². The van der Waals surface area contributed by atoms with Crippen LogP contribution in [-0.2, 0) is 12.5 Å². The number of nitrogens with one attached hydrogen (secondary N) is 3. The SMILES string of the molecule is Cc1c(NC(=O)c2ccc(C(C)(C)C)cc2)cccc1-c1cn(C)c(=O)c(Nc2ccc(C(=O)N3CCNCC3)cc2)n1. The molecule has 0 atom stereocenters. The number of hydrogen-bond donors (Lipinski definition) is 3. The minimum Gasteiger partial charge on any atom is -0.336 e. The summed E-state index contributed by atoms with van der Waals surface area (Å²) in [4.78, 5) is 45.4. The van der Waals surface area contributed by atoms with Crippen LogP contribution in [0.5, 0.6) is 0 Å². The van der Waals surface area contributed by atoms with Crippen LogP contribution in [0.4, 0.5) is 17.2 Å². The number of amides is 2. The van der Waals surface area contributed by atoms with Gasteiger partial charge in [0.15, 0.2) is 5.82 Å². The topological polar surface area (TPSA) is 108 Å². The summed E-state index contributed by atoms with van der Waals surface area (Å²) in [6.45, 7) is 11.3. The molecular formula is C34H38N6O3. The maximum Gasteiger partial charge on any atom is 0.293 e. The maximum atomic E-state index is 13.1. The number of benzene rings is 3.